The summed E-state index contributed by atoms with van der Waals surface area (Å²) in [5.74, 6) is 1.92. The van der Waals surface area contributed by atoms with Gasteiger partial charge in [0.25, 0.3) is 0 Å². The number of rotatable bonds is 4. The lowest BCUT2D eigenvalue weighted by Gasteiger charge is -2.28. The van der Waals surface area contributed by atoms with E-state index in [2.05, 4.69) is 0 Å². The lowest BCUT2D eigenvalue weighted by atomic mass is 9.89. The summed E-state index contributed by atoms with van der Waals surface area (Å²) < 4.78 is 21.9. The second-order valence-corrected chi connectivity index (χ2v) is 5.59. The number of aromatic hydroxyl groups is 2. The molecular formula is C18H20O6. The second-order valence-electron chi connectivity index (χ2n) is 5.59. The highest BCUT2D eigenvalue weighted by Crippen LogP contribution is 2.49. The van der Waals surface area contributed by atoms with Crippen LogP contribution in [0.2, 0.25) is 0 Å². The van der Waals surface area contributed by atoms with E-state index in [1.54, 1.807) is 25.3 Å². The topological polar surface area (TPSA) is 77.4 Å². The Morgan fingerprint density at radius 1 is 0.958 bits per heavy atom. The van der Waals surface area contributed by atoms with E-state index >= 15 is 0 Å². The van der Waals surface area contributed by atoms with E-state index in [9.17, 15) is 10.2 Å². The molecule has 0 bridgehead atoms. The van der Waals surface area contributed by atoms with E-state index in [4.69, 9.17) is 18.9 Å². The zero-order valence-corrected chi connectivity index (χ0v) is 13.8. The Labute approximate surface area is 140 Å². The summed E-state index contributed by atoms with van der Waals surface area (Å²) in [6, 6.07) is 6.70. The number of ether oxygens (including phenoxy) is 4. The first kappa shape index (κ1) is 16.1. The van der Waals surface area contributed by atoms with Crippen molar-refractivity contribution in [1.29, 1.82) is 0 Å². The Morgan fingerprint density at radius 3 is 2.33 bits per heavy atom. The van der Waals surface area contributed by atoms with Crippen LogP contribution in [0.25, 0.3) is 0 Å². The molecule has 0 aromatic heterocycles. The monoisotopic (exact) mass is 332 g/mol. The molecule has 2 aromatic carbocycles. The van der Waals surface area contributed by atoms with Crippen molar-refractivity contribution in [1.82, 2.24) is 0 Å². The van der Waals surface area contributed by atoms with Crippen LogP contribution >= 0.6 is 0 Å². The number of hydrogen-bond donors (Lipinski definition) is 2. The number of fused-ring (bicyclic) bond motifs is 1. The van der Waals surface area contributed by atoms with Gasteiger partial charge >= 0.3 is 0 Å². The summed E-state index contributed by atoms with van der Waals surface area (Å²) in [5, 5.41) is 19.8. The molecule has 2 aromatic rings. The van der Waals surface area contributed by atoms with Gasteiger partial charge in [0.15, 0.2) is 11.5 Å². The van der Waals surface area contributed by atoms with E-state index in [1.807, 2.05) is 6.07 Å². The maximum absolute atomic E-state index is 10.3. The third kappa shape index (κ3) is 2.64. The van der Waals surface area contributed by atoms with Crippen LogP contribution in [-0.4, -0.2) is 38.1 Å². The molecular weight excluding hydrogens is 312 g/mol. The van der Waals surface area contributed by atoms with Crippen molar-refractivity contribution in [3.63, 3.8) is 0 Å². The zero-order valence-electron chi connectivity index (χ0n) is 13.8. The predicted molar refractivity (Wildman–Crippen MR) is 87.8 cm³/mol. The van der Waals surface area contributed by atoms with Crippen LogP contribution in [0.1, 0.15) is 17.0 Å². The summed E-state index contributed by atoms with van der Waals surface area (Å²) in [5.41, 5.74) is 1.77. The number of phenols is 2. The molecule has 1 aliphatic heterocycles. The Bertz CT molecular complexity index is 756. The van der Waals surface area contributed by atoms with Crippen LogP contribution in [0.15, 0.2) is 24.3 Å². The molecule has 0 unspecified atom stereocenters. The second kappa shape index (κ2) is 6.39. The summed E-state index contributed by atoms with van der Waals surface area (Å²) >= 11 is 0. The van der Waals surface area contributed by atoms with Gasteiger partial charge in [-0.2, -0.15) is 0 Å². The minimum atomic E-state index is -0.0253. The van der Waals surface area contributed by atoms with Gasteiger partial charge in [-0.1, -0.05) is 6.07 Å². The van der Waals surface area contributed by atoms with E-state index in [0.717, 1.165) is 11.1 Å². The van der Waals surface area contributed by atoms with Crippen LogP contribution in [0.5, 0.6) is 34.5 Å². The highest BCUT2D eigenvalue weighted by molar-refractivity contribution is 5.63. The van der Waals surface area contributed by atoms with Crippen molar-refractivity contribution in [2.45, 2.75) is 12.3 Å². The van der Waals surface area contributed by atoms with Crippen molar-refractivity contribution in [2.75, 3.05) is 27.9 Å². The van der Waals surface area contributed by atoms with E-state index in [0.29, 0.717) is 30.3 Å². The molecule has 128 valence electrons. The molecule has 0 saturated carbocycles. The molecule has 0 saturated heterocycles. The predicted octanol–water partition coefficient (Wildman–Crippen LogP) is 2.84. The highest BCUT2D eigenvalue weighted by atomic mass is 16.5. The zero-order chi connectivity index (χ0) is 17.3. The molecule has 0 fully saturated rings. The fourth-order valence-corrected chi connectivity index (χ4v) is 3.09. The molecule has 1 heterocycles. The molecule has 1 atom stereocenters. The van der Waals surface area contributed by atoms with E-state index < -0.39 is 0 Å². The SMILES string of the molecule is COc1c(O)cc([C@@H]2COc3cc(O)ccc3C2)c(OC)c1OC. The molecule has 6 heteroatoms. The van der Waals surface area contributed by atoms with Crippen LogP contribution < -0.4 is 18.9 Å². The van der Waals surface area contributed by atoms with Gasteiger partial charge < -0.3 is 29.2 Å². The minimum absolute atomic E-state index is 0.0124. The van der Waals surface area contributed by atoms with E-state index in [-0.39, 0.29) is 23.2 Å². The van der Waals surface area contributed by atoms with Gasteiger partial charge in [0.1, 0.15) is 11.5 Å². The van der Waals surface area contributed by atoms with Gasteiger partial charge in [-0.15, -0.1) is 0 Å². The number of benzene rings is 2. The van der Waals surface area contributed by atoms with Gasteiger partial charge in [0, 0.05) is 17.5 Å². The van der Waals surface area contributed by atoms with E-state index in [1.165, 1.54) is 14.2 Å². The first-order valence-corrected chi connectivity index (χ1v) is 7.55. The molecule has 24 heavy (non-hydrogen) atoms. The lowest BCUT2D eigenvalue weighted by Crippen LogP contribution is -2.20. The maximum atomic E-state index is 10.3. The summed E-state index contributed by atoms with van der Waals surface area (Å²) in [6.45, 7) is 0.405. The summed E-state index contributed by atoms with van der Waals surface area (Å²) in [6.07, 6.45) is 0.695. The summed E-state index contributed by atoms with van der Waals surface area (Å²) in [4.78, 5) is 0. The molecule has 3 rings (SSSR count). The molecule has 1 aliphatic rings. The smallest absolute Gasteiger partial charge is 0.207 e. The maximum Gasteiger partial charge on any atom is 0.207 e. The van der Waals surface area contributed by atoms with Gasteiger partial charge in [0.2, 0.25) is 11.5 Å². The fraction of sp³-hybridized carbons (Fsp3) is 0.333. The average molecular weight is 332 g/mol. The van der Waals surface area contributed by atoms with Crippen molar-refractivity contribution in [2.24, 2.45) is 0 Å². The molecule has 0 amide bonds. The largest absolute Gasteiger partial charge is 0.508 e. The van der Waals surface area contributed by atoms with Gasteiger partial charge in [-0.25, -0.2) is 0 Å². The number of hydrogen-bond acceptors (Lipinski definition) is 6. The third-order valence-electron chi connectivity index (χ3n) is 4.21. The van der Waals surface area contributed by atoms with Crippen molar-refractivity contribution in [3.8, 4) is 34.5 Å². The van der Waals surface area contributed by atoms with Crippen LogP contribution in [-0.2, 0) is 6.42 Å². The quantitative estimate of drug-likeness (QED) is 0.896. The van der Waals surface area contributed by atoms with Crippen LogP contribution in [0.4, 0.5) is 0 Å². The normalized spacial score (nSPS) is 16.0. The van der Waals surface area contributed by atoms with Crippen molar-refractivity contribution >= 4 is 0 Å². The van der Waals surface area contributed by atoms with Crippen LogP contribution in [0, 0.1) is 0 Å². The Balaban J connectivity index is 2.04. The van der Waals surface area contributed by atoms with Gasteiger partial charge in [-0.05, 0) is 24.1 Å². The Morgan fingerprint density at radius 2 is 1.67 bits per heavy atom. The molecule has 0 radical (unpaired) electrons. The van der Waals surface area contributed by atoms with Crippen molar-refractivity contribution < 1.29 is 29.2 Å². The van der Waals surface area contributed by atoms with Gasteiger partial charge in [0.05, 0.1) is 27.9 Å². The van der Waals surface area contributed by atoms with Crippen molar-refractivity contribution in [3.05, 3.63) is 35.4 Å². The van der Waals surface area contributed by atoms with Gasteiger partial charge in [-0.3, -0.25) is 0 Å². The minimum Gasteiger partial charge on any atom is -0.508 e. The third-order valence-corrected chi connectivity index (χ3v) is 4.21. The molecule has 0 spiro atoms. The first-order chi connectivity index (χ1) is 11.6. The molecule has 6 nitrogen and oxygen atoms in total. The summed E-state index contributed by atoms with van der Waals surface area (Å²) in [7, 11) is 4.51. The fourth-order valence-electron chi connectivity index (χ4n) is 3.09. The first-order valence-electron chi connectivity index (χ1n) is 7.55. The average Bonchev–Trinajstić information content (AvgIpc) is 2.60. The van der Waals surface area contributed by atoms with Crippen LogP contribution in [0.3, 0.4) is 0 Å². The number of phenolic OH excluding ortho intramolecular Hbond substituents is 2. The number of methoxy groups -OCH3 is 3. The lowest BCUT2D eigenvalue weighted by molar-refractivity contribution is 0.254. The standard InChI is InChI=1S/C18H20O6/c1-21-16-13(8-14(20)17(22-2)18(16)23-3)11-6-10-4-5-12(19)7-15(10)24-9-11/h4-5,7-8,11,19-20H,6,9H2,1-3H3/t11-/m0/s1. The Kier molecular flexibility index (Phi) is 4.29. The molecule has 0 aliphatic carbocycles. The highest BCUT2D eigenvalue weighted by Gasteiger charge is 2.29. The Hall–Kier alpha value is -2.76. The molecule has 2 N–H and O–H groups in total.